The van der Waals surface area contributed by atoms with Crippen molar-refractivity contribution in [2.75, 3.05) is 20.2 Å². The Morgan fingerprint density at radius 3 is 2.56 bits per heavy atom. The van der Waals surface area contributed by atoms with Gasteiger partial charge in [0, 0.05) is 6.54 Å². The third-order valence-electron chi connectivity index (χ3n) is 4.29. The molecule has 25 heavy (non-hydrogen) atoms. The topological polar surface area (TPSA) is 87.7 Å². The fraction of sp³-hybridized carbons (Fsp3) is 0.500. The van der Waals surface area contributed by atoms with Crippen molar-refractivity contribution in [3.63, 3.8) is 0 Å². The van der Waals surface area contributed by atoms with Gasteiger partial charge in [0.25, 0.3) is 5.91 Å². The Bertz CT molecular complexity index is 644. The number of rotatable bonds is 8. The Labute approximate surface area is 147 Å². The van der Waals surface area contributed by atoms with E-state index in [1.165, 1.54) is 0 Å². The third kappa shape index (κ3) is 4.49. The SMILES string of the molecule is CCC[C@]1(C)NC(=O)N(CC(=O)NCCc2ccc(OC)cc2)C1=O. The van der Waals surface area contributed by atoms with Crippen molar-refractivity contribution in [3.05, 3.63) is 29.8 Å². The predicted molar refractivity (Wildman–Crippen MR) is 93.3 cm³/mol. The van der Waals surface area contributed by atoms with Gasteiger partial charge in [0.05, 0.1) is 7.11 Å². The number of hydrogen-bond acceptors (Lipinski definition) is 4. The molecule has 1 aliphatic rings. The van der Waals surface area contributed by atoms with E-state index in [-0.39, 0.29) is 18.4 Å². The summed E-state index contributed by atoms with van der Waals surface area (Å²) < 4.78 is 5.10. The first-order chi connectivity index (χ1) is 11.9. The number of nitrogens with zero attached hydrogens (tertiary/aromatic N) is 1. The lowest BCUT2D eigenvalue weighted by molar-refractivity contribution is -0.134. The van der Waals surface area contributed by atoms with Crippen molar-refractivity contribution in [1.82, 2.24) is 15.5 Å². The summed E-state index contributed by atoms with van der Waals surface area (Å²) >= 11 is 0. The molecule has 0 aromatic heterocycles. The van der Waals surface area contributed by atoms with Gasteiger partial charge < -0.3 is 15.4 Å². The zero-order chi connectivity index (χ0) is 18.4. The van der Waals surface area contributed by atoms with Gasteiger partial charge in [-0.15, -0.1) is 0 Å². The average Bonchev–Trinajstić information content (AvgIpc) is 2.79. The molecule has 7 heteroatoms. The fourth-order valence-electron chi connectivity index (χ4n) is 2.90. The molecule has 0 unspecified atom stereocenters. The smallest absolute Gasteiger partial charge is 0.325 e. The van der Waals surface area contributed by atoms with Crippen LogP contribution in [0.25, 0.3) is 0 Å². The molecule has 0 aliphatic carbocycles. The summed E-state index contributed by atoms with van der Waals surface area (Å²) in [7, 11) is 1.61. The molecule has 0 bridgehead atoms. The highest BCUT2D eigenvalue weighted by atomic mass is 16.5. The molecule has 4 amide bonds. The Morgan fingerprint density at radius 1 is 1.28 bits per heavy atom. The zero-order valence-electron chi connectivity index (χ0n) is 14.9. The van der Waals surface area contributed by atoms with Crippen LogP contribution in [0.4, 0.5) is 4.79 Å². The van der Waals surface area contributed by atoms with E-state index in [4.69, 9.17) is 4.74 Å². The number of benzene rings is 1. The Kier molecular flexibility index (Phi) is 6.01. The molecular weight excluding hydrogens is 322 g/mol. The first kappa shape index (κ1) is 18.8. The van der Waals surface area contributed by atoms with E-state index >= 15 is 0 Å². The van der Waals surface area contributed by atoms with E-state index in [1.54, 1.807) is 14.0 Å². The number of carbonyl (C=O) groups excluding carboxylic acids is 3. The third-order valence-corrected chi connectivity index (χ3v) is 4.29. The maximum atomic E-state index is 12.4. The van der Waals surface area contributed by atoms with E-state index in [1.807, 2.05) is 31.2 Å². The van der Waals surface area contributed by atoms with E-state index in [2.05, 4.69) is 10.6 Å². The highest BCUT2D eigenvalue weighted by Gasteiger charge is 2.47. The van der Waals surface area contributed by atoms with Gasteiger partial charge >= 0.3 is 6.03 Å². The molecule has 136 valence electrons. The number of amides is 4. The number of urea groups is 1. The molecule has 1 atom stereocenters. The average molecular weight is 347 g/mol. The number of imide groups is 1. The van der Waals surface area contributed by atoms with E-state index in [0.717, 1.165) is 22.6 Å². The normalized spacial score (nSPS) is 19.7. The van der Waals surface area contributed by atoms with E-state index < -0.39 is 11.6 Å². The minimum atomic E-state index is -0.908. The lowest BCUT2D eigenvalue weighted by atomic mass is 9.96. The van der Waals surface area contributed by atoms with Gasteiger partial charge in [-0.05, 0) is 37.5 Å². The van der Waals surface area contributed by atoms with Crippen molar-refractivity contribution in [2.24, 2.45) is 0 Å². The summed E-state index contributed by atoms with van der Waals surface area (Å²) in [5, 5.41) is 5.42. The van der Waals surface area contributed by atoms with Crippen molar-refractivity contribution in [2.45, 2.75) is 38.6 Å². The minimum Gasteiger partial charge on any atom is -0.497 e. The largest absolute Gasteiger partial charge is 0.497 e. The van der Waals surface area contributed by atoms with Crippen molar-refractivity contribution >= 4 is 17.8 Å². The van der Waals surface area contributed by atoms with Crippen LogP contribution < -0.4 is 15.4 Å². The highest BCUT2D eigenvalue weighted by molar-refractivity contribution is 6.08. The molecule has 1 aromatic carbocycles. The van der Waals surface area contributed by atoms with Gasteiger partial charge in [0.15, 0.2) is 0 Å². The zero-order valence-corrected chi connectivity index (χ0v) is 14.9. The number of hydrogen-bond donors (Lipinski definition) is 2. The molecule has 1 fully saturated rings. The Morgan fingerprint density at radius 2 is 1.96 bits per heavy atom. The molecule has 1 heterocycles. The van der Waals surface area contributed by atoms with Crippen LogP contribution in [-0.4, -0.2) is 48.5 Å². The second-order valence-electron chi connectivity index (χ2n) is 6.35. The van der Waals surface area contributed by atoms with Crippen LogP contribution in [0.2, 0.25) is 0 Å². The lowest BCUT2D eigenvalue weighted by Crippen LogP contribution is -2.45. The van der Waals surface area contributed by atoms with Crippen LogP contribution in [0.5, 0.6) is 5.75 Å². The minimum absolute atomic E-state index is 0.257. The van der Waals surface area contributed by atoms with E-state index in [9.17, 15) is 14.4 Å². The Balaban J connectivity index is 1.81. The molecule has 1 aromatic rings. The van der Waals surface area contributed by atoms with Crippen molar-refractivity contribution in [3.8, 4) is 5.75 Å². The van der Waals surface area contributed by atoms with Gasteiger partial charge in [0.1, 0.15) is 17.8 Å². The number of carbonyl (C=O) groups is 3. The number of nitrogens with one attached hydrogen (secondary N) is 2. The number of methoxy groups -OCH3 is 1. The number of ether oxygens (including phenoxy) is 1. The van der Waals surface area contributed by atoms with Gasteiger partial charge in [-0.25, -0.2) is 4.79 Å². The van der Waals surface area contributed by atoms with Gasteiger partial charge in [-0.1, -0.05) is 25.5 Å². The molecule has 0 saturated carbocycles. The maximum Gasteiger partial charge on any atom is 0.325 e. The fourth-order valence-corrected chi connectivity index (χ4v) is 2.90. The molecule has 0 radical (unpaired) electrons. The van der Waals surface area contributed by atoms with Crippen molar-refractivity contribution in [1.29, 1.82) is 0 Å². The molecule has 7 nitrogen and oxygen atoms in total. The molecule has 1 saturated heterocycles. The summed E-state index contributed by atoms with van der Waals surface area (Å²) in [6.07, 6.45) is 1.97. The van der Waals surface area contributed by atoms with Gasteiger partial charge in [-0.2, -0.15) is 0 Å². The first-order valence-electron chi connectivity index (χ1n) is 8.43. The molecule has 2 rings (SSSR count). The first-order valence-corrected chi connectivity index (χ1v) is 8.43. The quantitative estimate of drug-likeness (QED) is 0.697. The second-order valence-corrected chi connectivity index (χ2v) is 6.35. The van der Waals surface area contributed by atoms with Gasteiger partial charge in [-0.3, -0.25) is 14.5 Å². The van der Waals surface area contributed by atoms with E-state index in [0.29, 0.717) is 19.4 Å². The van der Waals surface area contributed by atoms with Crippen LogP contribution in [-0.2, 0) is 16.0 Å². The highest BCUT2D eigenvalue weighted by Crippen LogP contribution is 2.22. The predicted octanol–water partition coefficient (Wildman–Crippen LogP) is 1.46. The Hall–Kier alpha value is -2.57. The molecule has 2 N–H and O–H groups in total. The van der Waals surface area contributed by atoms with Gasteiger partial charge in [0.2, 0.25) is 5.91 Å². The summed E-state index contributed by atoms with van der Waals surface area (Å²) in [6, 6.07) is 7.07. The standard InChI is InChI=1S/C18H25N3O4/c1-4-10-18(2)16(23)21(17(24)20-18)12-15(22)19-11-9-13-5-7-14(25-3)8-6-13/h5-8H,4,9-12H2,1-3H3,(H,19,22)(H,20,24)/t18-/m0/s1. The summed E-state index contributed by atoms with van der Waals surface area (Å²) in [6.45, 7) is 3.81. The molecular formula is C18H25N3O4. The van der Waals surface area contributed by atoms with Crippen LogP contribution in [0.3, 0.4) is 0 Å². The summed E-state index contributed by atoms with van der Waals surface area (Å²) in [5.74, 6) is 0.0869. The maximum absolute atomic E-state index is 12.4. The van der Waals surface area contributed by atoms with Crippen LogP contribution >= 0.6 is 0 Å². The molecule has 0 spiro atoms. The summed E-state index contributed by atoms with van der Waals surface area (Å²) in [5.41, 5.74) is 0.154. The van der Waals surface area contributed by atoms with Crippen LogP contribution in [0, 0.1) is 0 Å². The van der Waals surface area contributed by atoms with Crippen LogP contribution in [0.1, 0.15) is 32.3 Å². The second kappa shape index (κ2) is 8.00. The van der Waals surface area contributed by atoms with Crippen LogP contribution in [0.15, 0.2) is 24.3 Å². The summed E-state index contributed by atoms with van der Waals surface area (Å²) in [4.78, 5) is 37.4. The van der Waals surface area contributed by atoms with Crippen molar-refractivity contribution < 1.29 is 19.1 Å². The molecule has 1 aliphatic heterocycles. The monoisotopic (exact) mass is 347 g/mol. The lowest BCUT2D eigenvalue weighted by Gasteiger charge is -2.20.